The van der Waals surface area contributed by atoms with Crippen LogP contribution < -0.4 is 4.74 Å². The zero-order valence-corrected chi connectivity index (χ0v) is 10.2. The van der Waals surface area contributed by atoms with Gasteiger partial charge in [-0.3, -0.25) is 0 Å². The van der Waals surface area contributed by atoms with Crippen LogP contribution >= 0.6 is 0 Å². The lowest BCUT2D eigenvalue weighted by atomic mass is 10.1. The molecular formula is C13H15F3O3. The van der Waals surface area contributed by atoms with Gasteiger partial charge in [0.1, 0.15) is 18.5 Å². The average Bonchev–Trinajstić information content (AvgIpc) is 3.11. The van der Waals surface area contributed by atoms with Gasteiger partial charge in [-0.25, -0.2) is 0 Å². The van der Waals surface area contributed by atoms with Crippen molar-refractivity contribution in [2.75, 3.05) is 13.2 Å². The number of aliphatic hydroxyl groups excluding tert-OH is 1. The Labute approximate surface area is 108 Å². The van der Waals surface area contributed by atoms with E-state index in [-0.39, 0.29) is 6.10 Å². The second-order valence-corrected chi connectivity index (χ2v) is 4.54. The van der Waals surface area contributed by atoms with E-state index >= 15 is 0 Å². The number of hydrogen-bond acceptors (Lipinski definition) is 3. The maximum atomic E-state index is 11.9. The normalized spacial score (nSPS) is 17.3. The van der Waals surface area contributed by atoms with Gasteiger partial charge in [0.2, 0.25) is 0 Å². The lowest BCUT2D eigenvalue weighted by molar-refractivity contribution is -0.179. The highest BCUT2D eigenvalue weighted by atomic mass is 19.4. The Morgan fingerprint density at radius 1 is 1.32 bits per heavy atom. The molecule has 0 radical (unpaired) electrons. The predicted molar refractivity (Wildman–Crippen MR) is 61.9 cm³/mol. The summed E-state index contributed by atoms with van der Waals surface area (Å²) in [4.78, 5) is 0. The molecule has 0 spiro atoms. The number of alkyl halides is 3. The van der Waals surface area contributed by atoms with E-state index in [4.69, 9.17) is 4.74 Å². The summed E-state index contributed by atoms with van der Waals surface area (Å²) < 4.78 is 45.7. The highest BCUT2D eigenvalue weighted by molar-refractivity contribution is 5.30. The lowest BCUT2D eigenvalue weighted by Gasteiger charge is -2.14. The van der Waals surface area contributed by atoms with Gasteiger partial charge in [-0.15, -0.1) is 0 Å². The molecule has 1 saturated carbocycles. The van der Waals surface area contributed by atoms with E-state index in [2.05, 4.69) is 4.74 Å². The van der Waals surface area contributed by atoms with E-state index < -0.39 is 25.5 Å². The van der Waals surface area contributed by atoms with Gasteiger partial charge < -0.3 is 14.6 Å². The van der Waals surface area contributed by atoms with Crippen LogP contribution in [-0.4, -0.2) is 30.6 Å². The molecule has 0 aliphatic heterocycles. The van der Waals surface area contributed by atoms with Crippen molar-refractivity contribution < 1.29 is 27.8 Å². The summed E-state index contributed by atoms with van der Waals surface area (Å²) in [6.45, 7) is -1.76. The van der Waals surface area contributed by atoms with Crippen LogP contribution in [0.4, 0.5) is 13.2 Å². The van der Waals surface area contributed by atoms with E-state index in [0.29, 0.717) is 11.3 Å². The molecule has 19 heavy (non-hydrogen) atoms. The van der Waals surface area contributed by atoms with Crippen molar-refractivity contribution >= 4 is 0 Å². The number of rotatable bonds is 6. The summed E-state index contributed by atoms with van der Waals surface area (Å²) in [6.07, 6.45) is -3.21. The van der Waals surface area contributed by atoms with E-state index in [1.54, 1.807) is 24.3 Å². The van der Waals surface area contributed by atoms with Crippen LogP contribution in [0.3, 0.4) is 0 Å². The van der Waals surface area contributed by atoms with Gasteiger partial charge >= 0.3 is 6.18 Å². The topological polar surface area (TPSA) is 38.7 Å². The van der Waals surface area contributed by atoms with Crippen molar-refractivity contribution in [1.82, 2.24) is 0 Å². The Morgan fingerprint density at radius 3 is 2.68 bits per heavy atom. The van der Waals surface area contributed by atoms with Crippen LogP contribution in [0.2, 0.25) is 0 Å². The highest BCUT2D eigenvalue weighted by Crippen LogP contribution is 2.28. The molecule has 0 bridgehead atoms. The number of aliphatic hydroxyl groups is 1. The van der Waals surface area contributed by atoms with E-state index in [0.717, 1.165) is 12.8 Å². The Hall–Kier alpha value is -1.27. The molecular weight excluding hydrogens is 261 g/mol. The molecule has 2 rings (SSSR count). The van der Waals surface area contributed by atoms with Gasteiger partial charge in [-0.1, -0.05) is 12.1 Å². The maximum Gasteiger partial charge on any atom is 0.411 e. The molecule has 1 aromatic rings. The molecule has 1 fully saturated rings. The number of benzene rings is 1. The smallest absolute Gasteiger partial charge is 0.411 e. The fraction of sp³-hybridized carbons (Fsp3) is 0.538. The summed E-state index contributed by atoms with van der Waals surface area (Å²) in [5, 5.41) is 9.74. The Bertz CT molecular complexity index is 416. The van der Waals surface area contributed by atoms with Crippen molar-refractivity contribution in [3.63, 3.8) is 0 Å². The summed E-state index contributed by atoms with van der Waals surface area (Å²) >= 11 is 0. The number of ether oxygens (including phenoxy) is 2. The molecule has 1 atom stereocenters. The number of halogens is 3. The molecule has 0 saturated heterocycles. The van der Waals surface area contributed by atoms with Crippen LogP contribution in [0.5, 0.6) is 5.75 Å². The van der Waals surface area contributed by atoms with Crippen molar-refractivity contribution in [3.8, 4) is 5.75 Å². The third kappa shape index (κ3) is 5.08. The van der Waals surface area contributed by atoms with Crippen molar-refractivity contribution in [3.05, 3.63) is 29.8 Å². The quantitative estimate of drug-likeness (QED) is 0.868. The fourth-order valence-electron chi connectivity index (χ4n) is 1.56. The first kappa shape index (κ1) is 14.1. The summed E-state index contributed by atoms with van der Waals surface area (Å²) in [5.41, 5.74) is 0.486. The average molecular weight is 276 g/mol. The van der Waals surface area contributed by atoms with Crippen LogP contribution in [0.25, 0.3) is 0 Å². The van der Waals surface area contributed by atoms with Gasteiger partial charge in [-0.05, 0) is 30.5 Å². The second-order valence-electron chi connectivity index (χ2n) is 4.54. The summed E-state index contributed by atoms with van der Waals surface area (Å²) in [7, 11) is 0. The highest BCUT2D eigenvalue weighted by Gasteiger charge is 2.28. The van der Waals surface area contributed by atoms with Gasteiger partial charge in [0.25, 0.3) is 0 Å². The van der Waals surface area contributed by atoms with Crippen molar-refractivity contribution in [1.29, 1.82) is 0 Å². The predicted octanol–water partition coefficient (Wildman–Crippen LogP) is 2.84. The molecule has 0 aromatic heterocycles. The first-order valence-corrected chi connectivity index (χ1v) is 6.03. The molecule has 0 heterocycles. The monoisotopic (exact) mass is 276 g/mol. The molecule has 106 valence electrons. The van der Waals surface area contributed by atoms with Crippen LogP contribution in [0.15, 0.2) is 24.3 Å². The van der Waals surface area contributed by atoms with Crippen LogP contribution in [0.1, 0.15) is 24.5 Å². The molecule has 1 aliphatic carbocycles. The zero-order chi connectivity index (χ0) is 13.9. The van der Waals surface area contributed by atoms with Gasteiger partial charge in [0.15, 0.2) is 0 Å². The second kappa shape index (κ2) is 5.79. The lowest BCUT2D eigenvalue weighted by Crippen LogP contribution is -2.19. The molecule has 1 N–H and O–H groups in total. The minimum atomic E-state index is -4.38. The first-order chi connectivity index (χ1) is 8.94. The molecule has 1 aliphatic rings. The third-order valence-electron chi connectivity index (χ3n) is 2.61. The first-order valence-electron chi connectivity index (χ1n) is 6.03. The van der Waals surface area contributed by atoms with Gasteiger partial charge in [0, 0.05) is 0 Å². The molecule has 3 nitrogen and oxygen atoms in total. The van der Waals surface area contributed by atoms with Gasteiger partial charge in [-0.2, -0.15) is 13.2 Å². The summed E-state index contributed by atoms with van der Waals surface area (Å²) in [5.74, 6) is 0.620. The van der Waals surface area contributed by atoms with Crippen molar-refractivity contribution in [2.45, 2.75) is 31.2 Å². The molecule has 1 aromatic carbocycles. The number of hydrogen-bond donors (Lipinski definition) is 1. The maximum absolute atomic E-state index is 11.9. The van der Waals surface area contributed by atoms with Gasteiger partial charge in [0.05, 0.1) is 12.7 Å². The molecule has 0 amide bonds. The Morgan fingerprint density at radius 2 is 2.05 bits per heavy atom. The van der Waals surface area contributed by atoms with Crippen LogP contribution in [0, 0.1) is 0 Å². The Balaban J connectivity index is 1.85. The van der Waals surface area contributed by atoms with E-state index in [1.807, 2.05) is 0 Å². The SMILES string of the molecule is OC(COCC(F)(F)F)c1cccc(OC2CC2)c1. The minimum absolute atomic E-state index is 0.230. The zero-order valence-electron chi connectivity index (χ0n) is 10.2. The third-order valence-corrected chi connectivity index (χ3v) is 2.61. The van der Waals surface area contributed by atoms with Crippen molar-refractivity contribution in [2.24, 2.45) is 0 Å². The minimum Gasteiger partial charge on any atom is -0.490 e. The standard InChI is InChI=1S/C13H15F3O3/c14-13(15,16)8-18-7-12(17)9-2-1-3-11(6-9)19-10-4-5-10/h1-3,6,10,12,17H,4-5,7-8H2. The Kier molecular flexibility index (Phi) is 4.31. The fourth-order valence-corrected chi connectivity index (χ4v) is 1.56. The van der Waals surface area contributed by atoms with E-state index in [1.165, 1.54) is 0 Å². The summed E-state index contributed by atoms with van der Waals surface area (Å²) in [6, 6.07) is 6.70. The van der Waals surface area contributed by atoms with E-state index in [9.17, 15) is 18.3 Å². The molecule has 6 heteroatoms. The molecule has 1 unspecified atom stereocenters. The van der Waals surface area contributed by atoms with Crippen LogP contribution in [-0.2, 0) is 4.74 Å². The largest absolute Gasteiger partial charge is 0.490 e.